The minimum atomic E-state index is -0.789. The number of aromatic nitrogens is 2. The van der Waals surface area contributed by atoms with Gasteiger partial charge in [0.25, 0.3) is 5.56 Å². The van der Waals surface area contributed by atoms with Crippen LogP contribution in [0.3, 0.4) is 0 Å². The molecule has 0 aliphatic rings. The third kappa shape index (κ3) is 3.41. The van der Waals surface area contributed by atoms with E-state index in [0.717, 1.165) is 6.21 Å². The van der Waals surface area contributed by atoms with Gasteiger partial charge >= 0.3 is 5.69 Å². The van der Waals surface area contributed by atoms with Crippen molar-refractivity contribution in [2.45, 2.75) is 0 Å². The number of hydrogen-bond donors (Lipinski definition) is 3. The van der Waals surface area contributed by atoms with Crippen molar-refractivity contribution >= 4 is 11.9 Å². The molecule has 2 aromatic carbocycles. The number of rotatable bonds is 4. The zero-order valence-electron chi connectivity index (χ0n) is 12.4. The van der Waals surface area contributed by atoms with Crippen molar-refractivity contribution in [1.82, 2.24) is 9.97 Å². The number of ether oxygens (including phenoxy) is 1. The zero-order valence-corrected chi connectivity index (χ0v) is 12.4. The first-order valence-corrected chi connectivity index (χ1v) is 7.05. The highest BCUT2D eigenvalue weighted by molar-refractivity contribution is 5.84. The molecule has 3 aromatic rings. The molecular weight excluding hydrogens is 310 g/mol. The maximum absolute atomic E-state index is 11.7. The molecule has 120 valence electrons. The van der Waals surface area contributed by atoms with Crippen molar-refractivity contribution in [3.05, 3.63) is 81.0 Å². The van der Waals surface area contributed by atoms with E-state index in [9.17, 15) is 14.7 Å². The third-order valence-corrected chi connectivity index (χ3v) is 3.13. The Morgan fingerprint density at radius 2 is 1.67 bits per heavy atom. The highest BCUT2D eigenvalue weighted by Gasteiger charge is 2.07. The predicted molar refractivity (Wildman–Crippen MR) is 89.6 cm³/mol. The molecule has 3 N–H and O–H groups in total. The van der Waals surface area contributed by atoms with Gasteiger partial charge in [-0.1, -0.05) is 30.3 Å². The smallest absolute Gasteiger partial charge is 0.328 e. The molecule has 0 atom stereocenters. The Morgan fingerprint density at radius 3 is 2.42 bits per heavy atom. The van der Waals surface area contributed by atoms with E-state index in [-0.39, 0.29) is 5.56 Å². The SMILES string of the molecule is O=c1[nH]c(O)c(C=Nc2ccccc2Oc2ccccc2)c(=O)[nH]1. The fraction of sp³-hybridized carbons (Fsp3) is 0. The molecule has 7 nitrogen and oxygen atoms in total. The summed E-state index contributed by atoms with van der Waals surface area (Å²) in [7, 11) is 0. The summed E-state index contributed by atoms with van der Waals surface area (Å²) >= 11 is 0. The average molecular weight is 323 g/mol. The van der Waals surface area contributed by atoms with E-state index in [1.54, 1.807) is 36.4 Å². The monoisotopic (exact) mass is 323 g/mol. The van der Waals surface area contributed by atoms with Crippen LogP contribution in [0.1, 0.15) is 5.56 Å². The van der Waals surface area contributed by atoms with Crippen molar-refractivity contribution in [3.63, 3.8) is 0 Å². The number of hydrogen-bond acceptors (Lipinski definition) is 5. The molecule has 0 saturated carbocycles. The lowest BCUT2D eigenvalue weighted by molar-refractivity contribution is 0.447. The molecule has 24 heavy (non-hydrogen) atoms. The van der Waals surface area contributed by atoms with Crippen LogP contribution in [0.25, 0.3) is 0 Å². The molecule has 0 saturated heterocycles. The summed E-state index contributed by atoms with van der Waals surface area (Å²) in [4.78, 5) is 31.0. The minimum Gasteiger partial charge on any atom is -0.494 e. The Bertz CT molecular complexity index is 990. The molecule has 0 fully saturated rings. The largest absolute Gasteiger partial charge is 0.494 e. The Hall–Kier alpha value is -3.61. The lowest BCUT2D eigenvalue weighted by atomic mass is 10.3. The van der Waals surface area contributed by atoms with Crippen molar-refractivity contribution < 1.29 is 9.84 Å². The Morgan fingerprint density at radius 1 is 0.958 bits per heavy atom. The number of aliphatic imine (C=N–C) groups is 1. The third-order valence-electron chi connectivity index (χ3n) is 3.13. The lowest BCUT2D eigenvalue weighted by Crippen LogP contribution is -2.24. The molecule has 1 aromatic heterocycles. The molecule has 3 rings (SSSR count). The number of aromatic amines is 2. The number of nitrogens with one attached hydrogen (secondary N) is 2. The van der Waals surface area contributed by atoms with Crippen LogP contribution >= 0.6 is 0 Å². The molecule has 0 radical (unpaired) electrons. The number of para-hydroxylation sites is 3. The summed E-state index contributed by atoms with van der Waals surface area (Å²) in [6.45, 7) is 0. The number of aromatic hydroxyl groups is 1. The zero-order chi connectivity index (χ0) is 16.9. The summed E-state index contributed by atoms with van der Waals surface area (Å²) < 4.78 is 5.76. The van der Waals surface area contributed by atoms with Gasteiger partial charge in [-0.2, -0.15) is 0 Å². The second-order valence-corrected chi connectivity index (χ2v) is 4.81. The summed E-state index contributed by atoms with van der Waals surface area (Å²) in [6, 6.07) is 16.2. The Labute approximate surface area is 135 Å². The van der Waals surface area contributed by atoms with Crippen LogP contribution in [-0.4, -0.2) is 21.3 Å². The highest BCUT2D eigenvalue weighted by Crippen LogP contribution is 2.31. The van der Waals surface area contributed by atoms with Gasteiger partial charge in [-0.3, -0.25) is 19.8 Å². The molecule has 0 aliphatic heterocycles. The van der Waals surface area contributed by atoms with Gasteiger partial charge in [0.15, 0.2) is 5.75 Å². The second kappa shape index (κ2) is 6.66. The fourth-order valence-electron chi connectivity index (χ4n) is 2.00. The van der Waals surface area contributed by atoms with E-state index in [1.165, 1.54) is 0 Å². The van der Waals surface area contributed by atoms with Gasteiger partial charge in [-0.25, -0.2) is 4.79 Å². The molecule has 0 spiro atoms. The van der Waals surface area contributed by atoms with E-state index in [1.807, 2.05) is 23.2 Å². The van der Waals surface area contributed by atoms with Gasteiger partial charge < -0.3 is 9.84 Å². The molecular formula is C17H13N3O4. The van der Waals surface area contributed by atoms with Crippen molar-refractivity contribution in [2.75, 3.05) is 0 Å². The summed E-state index contributed by atoms with van der Waals surface area (Å²) in [5, 5.41) is 9.66. The van der Waals surface area contributed by atoms with Crippen molar-refractivity contribution in [1.29, 1.82) is 0 Å². The molecule has 0 amide bonds. The van der Waals surface area contributed by atoms with Crippen molar-refractivity contribution in [2.24, 2.45) is 4.99 Å². The average Bonchev–Trinajstić information content (AvgIpc) is 2.56. The maximum Gasteiger partial charge on any atom is 0.328 e. The lowest BCUT2D eigenvalue weighted by Gasteiger charge is -2.07. The molecule has 0 unspecified atom stereocenters. The highest BCUT2D eigenvalue weighted by atomic mass is 16.5. The van der Waals surface area contributed by atoms with Crippen LogP contribution in [0.4, 0.5) is 5.69 Å². The first-order chi connectivity index (χ1) is 11.6. The standard InChI is InChI=1S/C17H13N3O4/c21-15-12(16(22)20-17(23)19-15)10-18-13-8-4-5-9-14(13)24-11-6-2-1-3-7-11/h1-10H,(H3,19,20,21,22,23). The van der Waals surface area contributed by atoms with Gasteiger partial charge in [-0.15, -0.1) is 0 Å². The molecule has 0 bridgehead atoms. The normalized spacial score (nSPS) is 10.8. The topological polar surface area (TPSA) is 108 Å². The second-order valence-electron chi connectivity index (χ2n) is 4.81. The first-order valence-electron chi connectivity index (χ1n) is 7.05. The predicted octanol–water partition coefficient (Wildman–Crippen LogP) is 2.31. The Balaban J connectivity index is 1.94. The van der Waals surface area contributed by atoms with Gasteiger partial charge in [0, 0.05) is 6.21 Å². The van der Waals surface area contributed by atoms with Gasteiger partial charge in [0.2, 0.25) is 5.88 Å². The summed E-state index contributed by atoms with van der Waals surface area (Å²) in [5.41, 5.74) is -1.21. The summed E-state index contributed by atoms with van der Waals surface area (Å²) in [6.07, 6.45) is 1.16. The van der Waals surface area contributed by atoms with Crippen LogP contribution in [0, 0.1) is 0 Å². The van der Waals surface area contributed by atoms with Crippen LogP contribution < -0.4 is 16.0 Å². The van der Waals surface area contributed by atoms with E-state index < -0.39 is 17.1 Å². The Kier molecular flexibility index (Phi) is 4.24. The van der Waals surface area contributed by atoms with Gasteiger partial charge in [-0.05, 0) is 24.3 Å². The minimum absolute atomic E-state index is 0.149. The van der Waals surface area contributed by atoms with E-state index in [2.05, 4.69) is 9.98 Å². The van der Waals surface area contributed by atoms with Crippen LogP contribution in [-0.2, 0) is 0 Å². The number of nitrogens with zero attached hydrogens (tertiary/aromatic N) is 1. The van der Waals surface area contributed by atoms with Gasteiger partial charge in [0.05, 0.1) is 0 Å². The number of H-pyrrole nitrogens is 2. The van der Waals surface area contributed by atoms with Crippen LogP contribution in [0.15, 0.2) is 69.2 Å². The first kappa shape index (κ1) is 15.3. The summed E-state index contributed by atoms with van der Waals surface area (Å²) in [5.74, 6) is 0.583. The van der Waals surface area contributed by atoms with Gasteiger partial charge in [0.1, 0.15) is 17.0 Å². The van der Waals surface area contributed by atoms with E-state index in [4.69, 9.17) is 4.74 Å². The van der Waals surface area contributed by atoms with Crippen LogP contribution in [0.2, 0.25) is 0 Å². The van der Waals surface area contributed by atoms with Crippen LogP contribution in [0.5, 0.6) is 17.4 Å². The molecule has 1 heterocycles. The molecule has 7 heteroatoms. The maximum atomic E-state index is 11.7. The van der Waals surface area contributed by atoms with E-state index in [0.29, 0.717) is 17.2 Å². The van der Waals surface area contributed by atoms with E-state index >= 15 is 0 Å². The molecule has 0 aliphatic carbocycles. The number of benzene rings is 2. The van der Waals surface area contributed by atoms with Crippen molar-refractivity contribution in [3.8, 4) is 17.4 Å². The quantitative estimate of drug-likeness (QED) is 0.640. The fourth-order valence-corrected chi connectivity index (χ4v) is 2.00.